The molecule has 0 unspecified atom stereocenters. The van der Waals surface area contributed by atoms with Crippen molar-refractivity contribution in [2.24, 2.45) is 5.41 Å². The fourth-order valence-corrected chi connectivity index (χ4v) is 0.512. The Morgan fingerprint density at radius 3 is 1.45 bits per heavy atom. The maximum atomic E-state index is 10.0. The molecule has 0 amide bonds. The molecule has 0 atom stereocenters. The highest BCUT2D eigenvalue weighted by Gasteiger charge is 2.18. The molecule has 0 saturated heterocycles. The molecule has 0 aliphatic rings. The van der Waals surface area contributed by atoms with Crippen LogP contribution in [0.2, 0.25) is 0 Å². The van der Waals surface area contributed by atoms with Crippen LogP contribution in [0.5, 0.6) is 0 Å². The van der Waals surface area contributed by atoms with Crippen molar-refractivity contribution in [2.75, 3.05) is 0 Å². The van der Waals surface area contributed by atoms with E-state index in [2.05, 4.69) is 6.58 Å². The quantitative estimate of drug-likeness (QED) is 0.466. The summed E-state index contributed by atoms with van der Waals surface area (Å²) in [6.45, 7) is 11.4. The second kappa shape index (κ2) is 11.4. The lowest BCUT2D eigenvalue weighted by molar-refractivity contribution is -0.150. The van der Waals surface area contributed by atoms with Crippen molar-refractivity contribution < 1.29 is 30.0 Å². The summed E-state index contributed by atoms with van der Waals surface area (Å²) >= 11 is 0. The van der Waals surface area contributed by atoms with Gasteiger partial charge in [0.1, 0.15) is 0 Å². The average molecular weight is 292 g/mol. The minimum atomic E-state index is -1.45. The summed E-state index contributed by atoms with van der Waals surface area (Å²) in [7, 11) is 0. The average Bonchev–Trinajstić information content (AvgIpc) is 2.25. The summed E-state index contributed by atoms with van der Waals surface area (Å²) in [4.78, 5) is 19.3. The summed E-state index contributed by atoms with van der Waals surface area (Å²) in [6, 6.07) is 0. The number of aliphatic hydroxyl groups is 2. The van der Waals surface area contributed by atoms with Crippen LogP contribution in [0.25, 0.3) is 0 Å². The van der Waals surface area contributed by atoms with Crippen LogP contribution in [0.4, 0.5) is 0 Å². The molecule has 0 fully saturated rings. The number of carbonyl (C=O) groups is 2. The van der Waals surface area contributed by atoms with Crippen LogP contribution in [-0.2, 0) is 9.59 Å². The van der Waals surface area contributed by atoms with E-state index in [9.17, 15) is 9.59 Å². The Kier molecular flexibility index (Phi) is 13.5. The van der Waals surface area contributed by atoms with E-state index in [0.717, 1.165) is 18.9 Å². The van der Waals surface area contributed by atoms with Crippen molar-refractivity contribution in [3.63, 3.8) is 0 Å². The zero-order valence-electron chi connectivity index (χ0n) is 13.0. The lowest BCUT2D eigenvalue weighted by Gasteiger charge is -2.13. The molecule has 6 nitrogen and oxygen atoms in total. The van der Waals surface area contributed by atoms with E-state index in [-0.39, 0.29) is 0 Å². The van der Waals surface area contributed by atoms with E-state index >= 15 is 0 Å². The van der Waals surface area contributed by atoms with Crippen LogP contribution in [0.15, 0.2) is 12.7 Å². The number of carboxylic acids is 2. The molecule has 0 aliphatic carbocycles. The van der Waals surface area contributed by atoms with Gasteiger partial charge in [-0.2, -0.15) is 0 Å². The lowest BCUT2D eigenvalue weighted by Crippen LogP contribution is -2.22. The third-order valence-corrected chi connectivity index (χ3v) is 1.82. The van der Waals surface area contributed by atoms with Crippen molar-refractivity contribution in [3.8, 4) is 0 Å². The Hall–Kier alpha value is -1.40. The van der Waals surface area contributed by atoms with E-state index in [1.165, 1.54) is 6.92 Å². The van der Waals surface area contributed by atoms with E-state index in [0.29, 0.717) is 6.42 Å². The van der Waals surface area contributed by atoms with Crippen molar-refractivity contribution in [1.29, 1.82) is 0 Å². The van der Waals surface area contributed by atoms with Crippen LogP contribution in [0.1, 0.15) is 53.9 Å². The lowest BCUT2D eigenvalue weighted by atomic mass is 9.98. The van der Waals surface area contributed by atoms with Gasteiger partial charge in [-0.05, 0) is 34.1 Å². The Balaban J connectivity index is -0.000000223. The van der Waals surface area contributed by atoms with Crippen LogP contribution in [0, 0.1) is 5.41 Å². The Bertz CT molecular complexity index is 283. The SMILES string of the molecule is C=CC(=O)O.CC(C)(C)C(=O)O.CCCCC(C)(O)O. The van der Waals surface area contributed by atoms with Gasteiger partial charge >= 0.3 is 11.9 Å². The maximum Gasteiger partial charge on any atom is 0.327 e. The molecule has 0 aliphatic heterocycles. The number of unbranched alkanes of at least 4 members (excludes halogenated alkanes) is 1. The Morgan fingerprint density at radius 1 is 1.10 bits per heavy atom. The van der Waals surface area contributed by atoms with Crippen LogP contribution in [0.3, 0.4) is 0 Å². The first-order valence-electron chi connectivity index (χ1n) is 6.31. The van der Waals surface area contributed by atoms with Crippen molar-refractivity contribution in [3.05, 3.63) is 12.7 Å². The first-order chi connectivity index (χ1) is 8.77. The maximum absolute atomic E-state index is 10.0. The predicted octanol–water partition coefficient (Wildman–Crippen LogP) is 2.25. The number of hydrogen-bond donors (Lipinski definition) is 4. The first-order valence-corrected chi connectivity index (χ1v) is 6.31. The molecule has 0 rings (SSSR count). The summed E-state index contributed by atoms with van der Waals surface area (Å²) in [5, 5.41) is 33.3. The van der Waals surface area contributed by atoms with Gasteiger partial charge < -0.3 is 20.4 Å². The Labute approximate surface area is 120 Å². The molecule has 20 heavy (non-hydrogen) atoms. The van der Waals surface area contributed by atoms with Gasteiger partial charge in [-0.3, -0.25) is 4.79 Å². The Morgan fingerprint density at radius 2 is 1.40 bits per heavy atom. The molecule has 0 aromatic carbocycles. The smallest absolute Gasteiger partial charge is 0.327 e. The molecule has 6 heteroatoms. The molecule has 0 aromatic heterocycles. The monoisotopic (exact) mass is 292 g/mol. The molecule has 0 bridgehead atoms. The van der Waals surface area contributed by atoms with Crippen molar-refractivity contribution in [1.82, 2.24) is 0 Å². The molecule has 0 heterocycles. The van der Waals surface area contributed by atoms with Gasteiger partial charge in [0.2, 0.25) is 0 Å². The molecular weight excluding hydrogens is 264 g/mol. The van der Waals surface area contributed by atoms with E-state index in [4.69, 9.17) is 20.4 Å². The summed E-state index contributed by atoms with van der Waals surface area (Å²) < 4.78 is 0. The zero-order valence-corrected chi connectivity index (χ0v) is 13.0. The molecule has 0 saturated carbocycles. The molecule has 0 aromatic rings. The highest BCUT2D eigenvalue weighted by Crippen LogP contribution is 2.11. The fraction of sp³-hybridized carbons (Fsp3) is 0.714. The second-order valence-corrected chi connectivity index (χ2v) is 5.42. The standard InChI is InChI=1S/C6H14O2.C5H10O2.C3H4O2/c1-3-4-5-6(2,7)8;1-5(2,3)4(6)7;1-2-3(4)5/h7-8H,3-5H2,1-2H3;1-3H3,(H,6,7);2H,1H2,(H,4,5). The molecular formula is C14H28O6. The van der Waals surface area contributed by atoms with Gasteiger partial charge in [0.25, 0.3) is 0 Å². The van der Waals surface area contributed by atoms with Crippen molar-refractivity contribution in [2.45, 2.75) is 59.7 Å². The van der Waals surface area contributed by atoms with E-state index in [1.54, 1.807) is 20.8 Å². The van der Waals surface area contributed by atoms with E-state index in [1.807, 2.05) is 6.92 Å². The predicted molar refractivity (Wildman–Crippen MR) is 77.3 cm³/mol. The van der Waals surface area contributed by atoms with Crippen LogP contribution in [-0.4, -0.2) is 38.2 Å². The van der Waals surface area contributed by atoms with Gasteiger partial charge in [-0.15, -0.1) is 0 Å². The van der Waals surface area contributed by atoms with Crippen LogP contribution < -0.4 is 0 Å². The van der Waals surface area contributed by atoms with E-state index < -0.39 is 23.1 Å². The fourth-order valence-electron chi connectivity index (χ4n) is 0.512. The summed E-state index contributed by atoms with van der Waals surface area (Å²) in [6.07, 6.45) is 3.20. The number of aliphatic carboxylic acids is 2. The molecule has 4 N–H and O–H groups in total. The number of hydrogen-bond acceptors (Lipinski definition) is 4. The zero-order chi connectivity index (χ0) is 17.0. The van der Waals surface area contributed by atoms with Crippen LogP contribution >= 0.6 is 0 Å². The summed E-state index contributed by atoms with van der Waals surface area (Å²) in [5.74, 6) is -3.19. The highest BCUT2D eigenvalue weighted by molar-refractivity contribution is 5.78. The molecule has 120 valence electrons. The third kappa shape index (κ3) is 30.0. The van der Waals surface area contributed by atoms with Gasteiger partial charge in [0.15, 0.2) is 5.79 Å². The third-order valence-electron chi connectivity index (χ3n) is 1.82. The second-order valence-electron chi connectivity index (χ2n) is 5.42. The molecule has 0 radical (unpaired) electrons. The van der Waals surface area contributed by atoms with Gasteiger partial charge in [-0.1, -0.05) is 19.9 Å². The number of carboxylic acid groups (broad SMARTS) is 2. The normalized spacial score (nSPS) is 10.3. The largest absolute Gasteiger partial charge is 0.481 e. The minimum Gasteiger partial charge on any atom is -0.481 e. The van der Waals surface area contributed by atoms with Crippen molar-refractivity contribution >= 4 is 11.9 Å². The topological polar surface area (TPSA) is 115 Å². The van der Waals surface area contributed by atoms with Gasteiger partial charge in [0, 0.05) is 12.5 Å². The van der Waals surface area contributed by atoms with Gasteiger partial charge in [0.05, 0.1) is 5.41 Å². The minimum absolute atomic E-state index is 0.476. The first kappa shape index (κ1) is 23.7. The molecule has 0 spiro atoms. The highest BCUT2D eigenvalue weighted by atomic mass is 16.5. The van der Waals surface area contributed by atoms with Gasteiger partial charge in [-0.25, -0.2) is 4.79 Å². The number of rotatable bonds is 4. The summed E-state index contributed by atoms with van der Waals surface area (Å²) in [5.41, 5.74) is -0.583.